The van der Waals surface area contributed by atoms with Gasteiger partial charge in [0.25, 0.3) is 5.91 Å². The van der Waals surface area contributed by atoms with Crippen LogP contribution in [0.1, 0.15) is 39.8 Å². The van der Waals surface area contributed by atoms with E-state index in [4.69, 9.17) is 0 Å². The van der Waals surface area contributed by atoms with Crippen LogP contribution in [0.15, 0.2) is 42.5 Å². The van der Waals surface area contributed by atoms with Gasteiger partial charge in [-0.05, 0) is 50.6 Å². The Balaban J connectivity index is 1.71. The lowest BCUT2D eigenvalue weighted by Crippen LogP contribution is -2.23. The maximum Gasteiger partial charge on any atom is 0.251 e. The Morgan fingerprint density at radius 3 is 2.62 bits per heavy atom. The van der Waals surface area contributed by atoms with Crippen molar-refractivity contribution >= 4 is 5.91 Å². The number of nitrogens with zero attached hydrogens (tertiary/aromatic N) is 2. The van der Waals surface area contributed by atoms with E-state index < -0.39 is 11.6 Å². The Labute approximate surface area is 168 Å². The number of aryl methyl sites for hydroxylation is 1. The van der Waals surface area contributed by atoms with Crippen LogP contribution in [0.25, 0.3) is 5.69 Å². The molecule has 0 aliphatic carbocycles. The van der Waals surface area contributed by atoms with Crippen LogP contribution in [0.5, 0.6) is 0 Å². The molecule has 0 saturated carbocycles. The van der Waals surface area contributed by atoms with E-state index in [2.05, 4.69) is 15.7 Å². The normalized spacial score (nSPS) is 10.9. The van der Waals surface area contributed by atoms with Crippen molar-refractivity contribution in [1.29, 1.82) is 0 Å². The van der Waals surface area contributed by atoms with Crippen LogP contribution >= 0.6 is 0 Å². The molecule has 5 nitrogen and oxygen atoms in total. The Bertz CT molecular complexity index is 1030. The molecule has 2 aromatic carbocycles. The molecule has 0 aliphatic heterocycles. The van der Waals surface area contributed by atoms with E-state index in [0.29, 0.717) is 25.2 Å². The van der Waals surface area contributed by atoms with Gasteiger partial charge in [-0.1, -0.05) is 12.1 Å². The fourth-order valence-corrected chi connectivity index (χ4v) is 3.24. The van der Waals surface area contributed by atoms with Crippen LogP contribution < -0.4 is 10.6 Å². The number of benzene rings is 2. The third-order valence-electron chi connectivity index (χ3n) is 4.74. The molecule has 7 heteroatoms. The highest BCUT2D eigenvalue weighted by Gasteiger charge is 2.15. The van der Waals surface area contributed by atoms with Crippen molar-refractivity contribution in [3.05, 3.63) is 82.2 Å². The zero-order chi connectivity index (χ0) is 21.0. The standard InChI is InChI=1S/C22H24F2N4O/c1-4-26-22(29)17-7-5-6-16(10-17)12-25-13-19-14(2)27-28(15(19)3)21-9-8-18(23)11-20(21)24/h5-11,25H,4,12-13H2,1-3H3,(H,26,29). The molecular weight excluding hydrogens is 374 g/mol. The molecule has 29 heavy (non-hydrogen) atoms. The van der Waals surface area contributed by atoms with Crippen LogP contribution in [0, 0.1) is 25.5 Å². The third-order valence-corrected chi connectivity index (χ3v) is 4.74. The largest absolute Gasteiger partial charge is 0.352 e. The summed E-state index contributed by atoms with van der Waals surface area (Å²) in [4.78, 5) is 12.0. The van der Waals surface area contributed by atoms with Crippen LogP contribution in [-0.4, -0.2) is 22.2 Å². The molecule has 0 unspecified atom stereocenters. The Morgan fingerprint density at radius 2 is 1.90 bits per heavy atom. The molecule has 1 amide bonds. The number of carbonyl (C=O) groups is 1. The van der Waals surface area contributed by atoms with Crippen molar-refractivity contribution in [2.45, 2.75) is 33.9 Å². The summed E-state index contributed by atoms with van der Waals surface area (Å²) in [6.07, 6.45) is 0. The van der Waals surface area contributed by atoms with E-state index in [1.54, 1.807) is 6.07 Å². The highest BCUT2D eigenvalue weighted by atomic mass is 19.1. The smallest absolute Gasteiger partial charge is 0.251 e. The van der Waals surface area contributed by atoms with Crippen molar-refractivity contribution in [2.75, 3.05) is 6.54 Å². The number of nitrogens with one attached hydrogen (secondary N) is 2. The minimum atomic E-state index is -0.655. The molecule has 0 spiro atoms. The molecule has 1 heterocycles. The van der Waals surface area contributed by atoms with Gasteiger partial charge in [0, 0.05) is 42.5 Å². The van der Waals surface area contributed by atoms with Gasteiger partial charge >= 0.3 is 0 Å². The van der Waals surface area contributed by atoms with Gasteiger partial charge in [0.2, 0.25) is 0 Å². The second-order valence-corrected chi connectivity index (χ2v) is 6.82. The summed E-state index contributed by atoms with van der Waals surface area (Å²) in [6.45, 7) is 7.28. The lowest BCUT2D eigenvalue weighted by atomic mass is 10.1. The predicted molar refractivity (Wildman–Crippen MR) is 108 cm³/mol. The van der Waals surface area contributed by atoms with Crippen LogP contribution in [0.2, 0.25) is 0 Å². The van der Waals surface area contributed by atoms with Gasteiger partial charge in [0.05, 0.1) is 5.69 Å². The van der Waals surface area contributed by atoms with Crippen molar-refractivity contribution in [3.8, 4) is 5.69 Å². The van der Waals surface area contributed by atoms with Gasteiger partial charge in [-0.15, -0.1) is 0 Å². The number of aromatic nitrogens is 2. The molecule has 0 atom stereocenters. The summed E-state index contributed by atoms with van der Waals surface area (Å²) < 4.78 is 28.8. The van der Waals surface area contributed by atoms with Gasteiger partial charge in [-0.3, -0.25) is 4.79 Å². The van der Waals surface area contributed by atoms with Crippen LogP contribution in [-0.2, 0) is 13.1 Å². The first-order valence-corrected chi connectivity index (χ1v) is 9.49. The minimum Gasteiger partial charge on any atom is -0.352 e. The number of rotatable bonds is 7. The van der Waals surface area contributed by atoms with E-state index in [1.165, 1.54) is 16.8 Å². The number of hydrogen-bond donors (Lipinski definition) is 2. The van der Waals surface area contributed by atoms with E-state index in [9.17, 15) is 13.6 Å². The Morgan fingerprint density at radius 1 is 1.10 bits per heavy atom. The lowest BCUT2D eigenvalue weighted by Gasteiger charge is -2.09. The van der Waals surface area contributed by atoms with Gasteiger partial charge in [-0.2, -0.15) is 5.10 Å². The van der Waals surface area contributed by atoms with Gasteiger partial charge in [0.1, 0.15) is 11.5 Å². The topological polar surface area (TPSA) is 59.0 Å². The second-order valence-electron chi connectivity index (χ2n) is 6.82. The molecule has 0 radical (unpaired) electrons. The molecule has 3 rings (SSSR count). The summed E-state index contributed by atoms with van der Waals surface area (Å²) in [5.74, 6) is -1.37. The summed E-state index contributed by atoms with van der Waals surface area (Å²) in [5.41, 5.74) is 4.34. The Kier molecular flexibility index (Phi) is 6.39. The zero-order valence-corrected chi connectivity index (χ0v) is 16.7. The van der Waals surface area contributed by atoms with Crippen LogP contribution in [0.3, 0.4) is 0 Å². The summed E-state index contributed by atoms with van der Waals surface area (Å²) in [5, 5.41) is 10.6. The summed E-state index contributed by atoms with van der Waals surface area (Å²) in [7, 11) is 0. The fraction of sp³-hybridized carbons (Fsp3) is 0.273. The molecule has 152 valence electrons. The van der Waals surface area contributed by atoms with Crippen molar-refractivity contribution in [2.24, 2.45) is 0 Å². The molecule has 2 N–H and O–H groups in total. The van der Waals surface area contributed by atoms with E-state index in [-0.39, 0.29) is 11.6 Å². The quantitative estimate of drug-likeness (QED) is 0.636. The van der Waals surface area contributed by atoms with Gasteiger partial charge in [-0.25, -0.2) is 13.5 Å². The average Bonchev–Trinajstić information content (AvgIpc) is 2.96. The van der Waals surface area contributed by atoms with Crippen LogP contribution in [0.4, 0.5) is 8.78 Å². The zero-order valence-electron chi connectivity index (χ0n) is 16.7. The molecule has 0 saturated heterocycles. The van der Waals surface area contributed by atoms with E-state index in [0.717, 1.165) is 28.6 Å². The van der Waals surface area contributed by atoms with Crippen molar-refractivity contribution in [1.82, 2.24) is 20.4 Å². The number of carbonyl (C=O) groups excluding carboxylic acids is 1. The molecule has 0 fully saturated rings. The maximum atomic E-state index is 14.1. The van der Waals surface area contributed by atoms with Crippen molar-refractivity contribution < 1.29 is 13.6 Å². The predicted octanol–water partition coefficient (Wildman–Crippen LogP) is 3.81. The lowest BCUT2D eigenvalue weighted by molar-refractivity contribution is 0.0955. The van der Waals surface area contributed by atoms with E-state index >= 15 is 0 Å². The molecule has 0 bridgehead atoms. The SMILES string of the molecule is CCNC(=O)c1cccc(CNCc2c(C)nn(-c3ccc(F)cc3F)c2C)c1. The molecular formula is C22H24F2N4O. The average molecular weight is 398 g/mol. The fourth-order valence-electron chi connectivity index (χ4n) is 3.24. The third kappa shape index (κ3) is 4.68. The van der Waals surface area contributed by atoms with Crippen molar-refractivity contribution in [3.63, 3.8) is 0 Å². The van der Waals surface area contributed by atoms with Gasteiger partial charge in [0.15, 0.2) is 5.82 Å². The minimum absolute atomic E-state index is 0.0939. The number of halogens is 2. The van der Waals surface area contributed by atoms with Gasteiger partial charge < -0.3 is 10.6 Å². The first-order chi connectivity index (χ1) is 13.9. The maximum absolute atomic E-state index is 14.1. The molecule has 1 aromatic heterocycles. The summed E-state index contributed by atoms with van der Waals surface area (Å²) >= 11 is 0. The highest BCUT2D eigenvalue weighted by molar-refractivity contribution is 5.94. The summed E-state index contributed by atoms with van der Waals surface area (Å²) in [6, 6.07) is 10.9. The second kappa shape index (κ2) is 8.96. The number of hydrogen-bond acceptors (Lipinski definition) is 3. The molecule has 3 aromatic rings. The first kappa shape index (κ1) is 20.7. The monoisotopic (exact) mass is 398 g/mol. The Hall–Kier alpha value is -3.06. The highest BCUT2D eigenvalue weighted by Crippen LogP contribution is 2.21. The molecule has 0 aliphatic rings. The number of amides is 1. The van der Waals surface area contributed by atoms with E-state index in [1.807, 2.05) is 39.0 Å². The first-order valence-electron chi connectivity index (χ1n) is 9.49.